The average molecular weight is 329 g/mol. The molecule has 0 saturated carbocycles. The van der Waals surface area contributed by atoms with Gasteiger partial charge in [0.05, 0.1) is 4.70 Å². The molecule has 0 aliphatic carbocycles. The summed E-state index contributed by atoms with van der Waals surface area (Å²) in [5.74, 6) is 0.380. The van der Waals surface area contributed by atoms with Crippen molar-refractivity contribution in [3.63, 3.8) is 0 Å². The summed E-state index contributed by atoms with van der Waals surface area (Å²) in [5, 5.41) is 2.82. The third-order valence-corrected chi connectivity index (χ3v) is 4.37. The fraction of sp³-hybridized carbons (Fsp3) is 0.176. The van der Waals surface area contributed by atoms with E-state index in [0.29, 0.717) is 17.0 Å². The summed E-state index contributed by atoms with van der Waals surface area (Å²) < 4.78 is 11.4. The number of ether oxygens (including phenoxy) is 1. The Labute approximate surface area is 136 Å². The van der Waals surface area contributed by atoms with Crippen LogP contribution >= 0.6 is 11.3 Å². The van der Waals surface area contributed by atoms with Gasteiger partial charge in [-0.25, -0.2) is 4.79 Å². The zero-order valence-corrected chi connectivity index (χ0v) is 13.5. The molecule has 5 nitrogen and oxygen atoms in total. The molecule has 1 heterocycles. The molecule has 0 fully saturated rings. The lowest BCUT2D eigenvalue weighted by Gasteiger charge is -2.11. The van der Waals surface area contributed by atoms with Gasteiger partial charge in [-0.2, -0.15) is 0 Å². The first-order valence-electron chi connectivity index (χ1n) is 7.06. The molecule has 0 aliphatic heterocycles. The van der Waals surface area contributed by atoms with E-state index in [1.165, 1.54) is 0 Å². The highest BCUT2D eigenvalue weighted by molar-refractivity contribution is 7.16. The van der Waals surface area contributed by atoms with Crippen LogP contribution in [0.5, 0.6) is 5.75 Å². The second-order valence-electron chi connectivity index (χ2n) is 5.13. The minimum Gasteiger partial charge on any atom is -0.484 e. The van der Waals surface area contributed by atoms with Crippen molar-refractivity contribution < 1.29 is 13.9 Å². The lowest BCUT2D eigenvalue weighted by Crippen LogP contribution is -2.20. The molecule has 3 rings (SSSR count). The number of carbonyl (C=O) groups is 1. The van der Waals surface area contributed by atoms with Gasteiger partial charge in [-0.3, -0.25) is 4.79 Å². The average Bonchev–Trinajstić information content (AvgIpc) is 2.94. The van der Waals surface area contributed by atoms with Gasteiger partial charge in [-0.1, -0.05) is 29.5 Å². The van der Waals surface area contributed by atoms with Gasteiger partial charge in [0, 0.05) is 5.69 Å². The zero-order chi connectivity index (χ0) is 16.4. The minimum atomic E-state index is -0.345. The molecule has 1 amide bonds. The maximum absolute atomic E-state index is 12.1. The van der Waals surface area contributed by atoms with Crippen LogP contribution in [0.3, 0.4) is 0 Å². The Bertz CT molecular complexity index is 911. The Morgan fingerprint density at radius 3 is 2.74 bits per heavy atom. The number of amides is 1. The van der Waals surface area contributed by atoms with Crippen molar-refractivity contribution in [3.8, 4) is 5.75 Å². The van der Waals surface area contributed by atoms with Crippen LogP contribution < -0.4 is 15.0 Å². The molecular weight excluding hydrogens is 314 g/mol. The van der Waals surface area contributed by atoms with Crippen molar-refractivity contribution in [1.29, 1.82) is 0 Å². The van der Waals surface area contributed by atoms with Gasteiger partial charge in [0.2, 0.25) is 0 Å². The predicted octanol–water partition coefficient (Wildman–Crippen LogP) is 3.49. The molecule has 0 unspecified atom stereocenters. The summed E-state index contributed by atoms with van der Waals surface area (Å²) in [7, 11) is 0. The largest absolute Gasteiger partial charge is 0.484 e. The Balaban J connectivity index is 1.77. The van der Waals surface area contributed by atoms with Crippen molar-refractivity contribution in [1.82, 2.24) is 0 Å². The molecule has 0 radical (unpaired) electrons. The summed E-state index contributed by atoms with van der Waals surface area (Å²) in [6.45, 7) is 3.61. The zero-order valence-electron chi connectivity index (χ0n) is 12.7. The van der Waals surface area contributed by atoms with Gasteiger partial charge in [0.25, 0.3) is 5.91 Å². The van der Waals surface area contributed by atoms with Crippen molar-refractivity contribution >= 4 is 33.2 Å². The third-order valence-electron chi connectivity index (χ3n) is 3.43. The van der Waals surface area contributed by atoms with E-state index in [1.54, 1.807) is 18.2 Å². The number of hydrogen-bond acceptors (Lipinski definition) is 5. The predicted molar refractivity (Wildman–Crippen MR) is 90.4 cm³/mol. The fourth-order valence-corrected chi connectivity index (χ4v) is 3.13. The second-order valence-corrected chi connectivity index (χ2v) is 6.07. The first kappa shape index (κ1) is 15.3. The smallest absolute Gasteiger partial charge is 0.396 e. The van der Waals surface area contributed by atoms with E-state index in [0.717, 1.165) is 27.2 Å². The standard InChI is InChI=1S/C17H15NO4S/c1-10-8-13(11(2)16-15(10)22-17(20)23-16)18-14(19)9-21-12-6-4-3-5-7-12/h3-8H,9H2,1-2H3,(H,18,19). The maximum Gasteiger partial charge on any atom is 0.396 e. The molecule has 0 spiro atoms. The van der Waals surface area contributed by atoms with Crippen LogP contribution in [-0.2, 0) is 4.79 Å². The van der Waals surface area contributed by atoms with Crippen LogP contribution in [0.25, 0.3) is 10.3 Å². The van der Waals surface area contributed by atoms with Crippen molar-refractivity contribution in [2.45, 2.75) is 13.8 Å². The van der Waals surface area contributed by atoms with Gasteiger partial charge in [0.15, 0.2) is 12.2 Å². The molecule has 1 N–H and O–H groups in total. The molecule has 0 bridgehead atoms. The molecule has 0 aliphatic rings. The SMILES string of the molecule is Cc1cc(NC(=O)COc2ccccc2)c(C)c2sc(=O)oc12. The number of nitrogens with one attached hydrogen (secondary N) is 1. The van der Waals surface area contributed by atoms with Crippen LogP contribution in [0.1, 0.15) is 11.1 Å². The Kier molecular flexibility index (Phi) is 4.16. The molecule has 3 aromatic rings. The van der Waals surface area contributed by atoms with Gasteiger partial charge >= 0.3 is 4.94 Å². The molecule has 1 aromatic heterocycles. The van der Waals surface area contributed by atoms with Crippen LogP contribution in [0.4, 0.5) is 5.69 Å². The van der Waals surface area contributed by atoms with E-state index in [-0.39, 0.29) is 17.5 Å². The first-order chi connectivity index (χ1) is 11.0. The molecule has 2 aromatic carbocycles. The third kappa shape index (κ3) is 3.27. The van der Waals surface area contributed by atoms with E-state index >= 15 is 0 Å². The van der Waals surface area contributed by atoms with Crippen molar-refractivity contribution in [3.05, 3.63) is 57.3 Å². The van der Waals surface area contributed by atoms with Gasteiger partial charge in [-0.15, -0.1) is 0 Å². The van der Waals surface area contributed by atoms with Gasteiger partial charge in [0.1, 0.15) is 5.75 Å². The second kappa shape index (κ2) is 6.26. The van der Waals surface area contributed by atoms with E-state index in [9.17, 15) is 9.59 Å². The highest BCUT2D eigenvalue weighted by Gasteiger charge is 2.14. The first-order valence-corrected chi connectivity index (χ1v) is 7.88. The Morgan fingerprint density at radius 1 is 1.26 bits per heavy atom. The molecule has 118 valence electrons. The molecule has 0 saturated heterocycles. The number of hydrogen-bond donors (Lipinski definition) is 1. The summed E-state index contributed by atoms with van der Waals surface area (Å²) in [5.41, 5.74) is 2.86. The van der Waals surface area contributed by atoms with Crippen LogP contribution in [0.15, 0.2) is 45.6 Å². The maximum atomic E-state index is 12.1. The number of benzene rings is 2. The number of fused-ring (bicyclic) bond motifs is 1. The molecule has 0 atom stereocenters. The van der Waals surface area contributed by atoms with Crippen LogP contribution in [0, 0.1) is 13.8 Å². The topological polar surface area (TPSA) is 68.5 Å². The number of rotatable bonds is 4. The highest BCUT2D eigenvalue weighted by Crippen LogP contribution is 2.30. The van der Waals surface area contributed by atoms with Crippen LogP contribution in [-0.4, -0.2) is 12.5 Å². The lowest BCUT2D eigenvalue weighted by atomic mass is 10.1. The Morgan fingerprint density at radius 2 is 2.00 bits per heavy atom. The van der Waals surface area contributed by atoms with Crippen molar-refractivity contribution in [2.24, 2.45) is 0 Å². The normalized spacial score (nSPS) is 10.7. The lowest BCUT2D eigenvalue weighted by molar-refractivity contribution is -0.118. The summed E-state index contributed by atoms with van der Waals surface area (Å²) in [4.78, 5) is 23.2. The minimum absolute atomic E-state index is 0.0812. The fourth-order valence-electron chi connectivity index (χ4n) is 2.28. The molecule has 23 heavy (non-hydrogen) atoms. The highest BCUT2D eigenvalue weighted by atomic mass is 32.1. The van der Waals surface area contributed by atoms with E-state index in [4.69, 9.17) is 9.15 Å². The number of para-hydroxylation sites is 1. The summed E-state index contributed by atoms with van der Waals surface area (Å²) in [6, 6.07) is 10.9. The number of carbonyl (C=O) groups excluding carboxylic acids is 1. The summed E-state index contributed by atoms with van der Waals surface area (Å²) >= 11 is 1.04. The number of aryl methyl sites for hydroxylation is 2. The monoisotopic (exact) mass is 329 g/mol. The van der Waals surface area contributed by atoms with Crippen molar-refractivity contribution in [2.75, 3.05) is 11.9 Å². The van der Waals surface area contributed by atoms with E-state index in [2.05, 4.69) is 5.32 Å². The molecular formula is C17H15NO4S. The summed E-state index contributed by atoms with van der Waals surface area (Å²) in [6.07, 6.45) is 0. The Hall–Kier alpha value is -2.60. The molecule has 6 heteroatoms. The van der Waals surface area contributed by atoms with Gasteiger partial charge in [-0.05, 0) is 43.2 Å². The van der Waals surface area contributed by atoms with Gasteiger partial charge < -0.3 is 14.5 Å². The van der Waals surface area contributed by atoms with E-state index in [1.807, 2.05) is 32.0 Å². The van der Waals surface area contributed by atoms with Crippen LogP contribution in [0.2, 0.25) is 0 Å². The van der Waals surface area contributed by atoms with E-state index < -0.39 is 0 Å². The number of anilines is 1. The quantitative estimate of drug-likeness (QED) is 0.795.